The number of Topliss-reactive ketones (excluding diaryl/α,β-unsaturated/α-hetero) is 1. The van der Waals surface area contributed by atoms with Crippen molar-refractivity contribution in [2.45, 2.75) is 90.9 Å². The first-order chi connectivity index (χ1) is 24.1. The standard InChI is InChI=1S/C38H51N7O6/c1-7-16-41-35(50)30(46)25(19-22-12-11-13-22)42-34(49)29-27-24(38(27,5)6)21-45(29)36(51)31(37(2,3)4)44-33(48)28(23-14-9-8-10-15-23)43-32(47)26-20-39-17-18-40-26/h7-10,14,17-18,20,22-25,27-29,31H,1,11-13,15-16,19,21H2,2-6H3,(H,41,50)(H,42,49)(H,43,47)(H,44,48)/t23?,24-,25?,27-,28-,29-,31+/m0/s1. The Balaban J connectivity index is 1.37. The lowest BCUT2D eigenvalue weighted by Gasteiger charge is -2.39. The molecule has 51 heavy (non-hydrogen) atoms. The van der Waals surface area contributed by atoms with Crippen molar-refractivity contribution in [1.82, 2.24) is 36.1 Å². The van der Waals surface area contributed by atoms with Gasteiger partial charge in [-0.2, -0.15) is 0 Å². The zero-order chi connectivity index (χ0) is 37.1. The summed E-state index contributed by atoms with van der Waals surface area (Å²) in [4.78, 5) is 91.6. The zero-order valence-corrected chi connectivity index (χ0v) is 30.2. The Bertz CT molecular complexity index is 1590. The van der Waals surface area contributed by atoms with Gasteiger partial charge in [0.25, 0.3) is 11.8 Å². The molecule has 1 aliphatic heterocycles. The summed E-state index contributed by atoms with van der Waals surface area (Å²) in [5, 5.41) is 11.2. The number of allylic oxidation sites excluding steroid dienone is 3. The second-order valence-corrected chi connectivity index (χ2v) is 15.9. The largest absolute Gasteiger partial charge is 0.346 e. The molecule has 1 saturated heterocycles. The van der Waals surface area contributed by atoms with E-state index in [1.54, 1.807) is 0 Å². The van der Waals surface area contributed by atoms with Crippen molar-refractivity contribution in [3.63, 3.8) is 0 Å². The van der Waals surface area contributed by atoms with Gasteiger partial charge in [0.15, 0.2) is 0 Å². The first kappa shape index (κ1) is 37.6. The number of rotatable bonds is 14. The number of nitrogens with zero attached hydrogens (tertiary/aromatic N) is 3. The van der Waals surface area contributed by atoms with E-state index in [9.17, 15) is 28.8 Å². The lowest BCUT2D eigenvalue weighted by Crippen LogP contribution is -2.62. The molecule has 3 fully saturated rings. The molecule has 4 N–H and O–H groups in total. The van der Waals surface area contributed by atoms with Gasteiger partial charge in [-0.05, 0) is 41.4 Å². The van der Waals surface area contributed by atoms with Gasteiger partial charge in [-0.1, -0.05) is 84.3 Å². The third-order valence-corrected chi connectivity index (χ3v) is 11.0. The number of ketones is 1. The molecule has 0 spiro atoms. The Morgan fingerprint density at radius 1 is 1.06 bits per heavy atom. The van der Waals surface area contributed by atoms with Crippen LogP contribution in [0.2, 0.25) is 0 Å². The second kappa shape index (κ2) is 15.3. The summed E-state index contributed by atoms with van der Waals surface area (Å²) in [5.41, 5.74) is -0.955. The quantitative estimate of drug-likeness (QED) is 0.169. The number of carbonyl (C=O) groups excluding carboxylic acids is 6. The van der Waals surface area contributed by atoms with Crippen molar-refractivity contribution < 1.29 is 28.8 Å². The SMILES string of the molecule is C=CCNC(=O)C(=O)C(CC1CCC1)NC(=O)[C@@H]1[C@@H]2[C@H](CN1C(=O)[C@@H](NC(=O)[C@@H](NC(=O)c1cnccn1)C1C=CC=CC1)C(C)(C)C)C2(C)C. The molecule has 5 amide bonds. The monoisotopic (exact) mass is 701 g/mol. The van der Waals surface area contributed by atoms with Gasteiger partial charge in [-0.15, -0.1) is 6.58 Å². The number of carbonyl (C=O) groups is 6. The van der Waals surface area contributed by atoms with Crippen molar-refractivity contribution >= 4 is 35.3 Å². The number of hydrogen-bond donors (Lipinski definition) is 4. The van der Waals surface area contributed by atoms with Crippen LogP contribution in [0, 0.1) is 34.5 Å². The number of likely N-dealkylation sites (tertiary alicyclic amines) is 1. The van der Waals surface area contributed by atoms with Gasteiger partial charge >= 0.3 is 0 Å². The van der Waals surface area contributed by atoms with E-state index in [0.717, 1.165) is 19.3 Å². The van der Waals surface area contributed by atoms with Crippen molar-refractivity contribution in [3.05, 3.63) is 61.2 Å². The molecule has 7 atom stereocenters. The van der Waals surface area contributed by atoms with Crippen molar-refractivity contribution in [2.75, 3.05) is 13.1 Å². The Kier molecular flexibility index (Phi) is 11.3. The maximum absolute atomic E-state index is 14.6. The molecule has 3 aliphatic carbocycles. The molecule has 274 valence electrons. The van der Waals surface area contributed by atoms with E-state index in [0.29, 0.717) is 19.4 Å². The van der Waals surface area contributed by atoms with Crippen molar-refractivity contribution in [3.8, 4) is 0 Å². The Morgan fingerprint density at radius 2 is 1.80 bits per heavy atom. The fourth-order valence-electron chi connectivity index (χ4n) is 7.67. The third-order valence-electron chi connectivity index (χ3n) is 11.0. The Labute approximate surface area is 299 Å². The molecule has 0 aromatic carbocycles. The van der Waals surface area contributed by atoms with E-state index in [2.05, 4.69) is 51.7 Å². The summed E-state index contributed by atoms with van der Waals surface area (Å²) < 4.78 is 0. The van der Waals surface area contributed by atoms with Gasteiger partial charge in [0.05, 0.1) is 12.2 Å². The lowest BCUT2D eigenvalue weighted by molar-refractivity contribution is -0.147. The summed E-state index contributed by atoms with van der Waals surface area (Å²) in [6.07, 6.45) is 16.7. The maximum Gasteiger partial charge on any atom is 0.289 e. The van der Waals surface area contributed by atoms with Crippen LogP contribution in [0.25, 0.3) is 0 Å². The smallest absolute Gasteiger partial charge is 0.289 e. The minimum atomic E-state index is -1.06. The minimum absolute atomic E-state index is 0.0448. The molecule has 0 radical (unpaired) electrons. The fraction of sp³-hybridized carbons (Fsp3) is 0.579. The summed E-state index contributed by atoms with van der Waals surface area (Å²) in [5.74, 6) is -3.84. The minimum Gasteiger partial charge on any atom is -0.346 e. The van der Waals surface area contributed by atoms with Crippen LogP contribution in [0.1, 0.15) is 77.2 Å². The van der Waals surface area contributed by atoms with Crippen LogP contribution in [0.3, 0.4) is 0 Å². The van der Waals surface area contributed by atoms with E-state index >= 15 is 0 Å². The van der Waals surface area contributed by atoms with Gasteiger partial charge in [0.1, 0.15) is 23.8 Å². The van der Waals surface area contributed by atoms with Crippen LogP contribution >= 0.6 is 0 Å². The molecule has 2 unspecified atom stereocenters. The third kappa shape index (κ3) is 8.28. The summed E-state index contributed by atoms with van der Waals surface area (Å²) in [6.45, 7) is 13.6. The first-order valence-electron chi connectivity index (χ1n) is 17.9. The molecule has 13 nitrogen and oxygen atoms in total. The Hall–Kier alpha value is -4.68. The van der Waals surface area contributed by atoms with Crippen LogP contribution in [0.4, 0.5) is 0 Å². The molecule has 2 saturated carbocycles. The fourth-order valence-corrected chi connectivity index (χ4v) is 7.67. The van der Waals surface area contributed by atoms with Crippen molar-refractivity contribution in [2.24, 2.45) is 34.5 Å². The number of piperidine rings is 1. The van der Waals surface area contributed by atoms with Crippen LogP contribution in [-0.2, 0) is 24.0 Å². The van der Waals surface area contributed by atoms with Gasteiger partial charge in [0, 0.05) is 31.4 Å². The van der Waals surface area contributed by atoms with Crippen LogP contribution in [0.5, 0.6) is 0 Å². The average Bonchev–Trinajstić information content (AvgIpc) is 3.39. The number of hydrogen-bond acceptors (Lipinski definition) is 8. The van der Waals surface area contributed by atoms with E-state index in [1.807, 2.05) is 45.1 Å². The highest BCUT2D eigenvalue weighted by atomic mass is 16.2. The summed E-state index contributed by atoms with van der Waals surface area (Å²) in [6, 6.07) is -4.02. The highest BCUT2D eigenvalue weighted by Crippen LogP contribution is 2.65. The number of amides is 5. The normalized spacial score (nSPS) is 24.9. The summed E-state index contributed by atoms with van der Waals surface area (Å²) >= 11 is 0. The predicted octanol–water partition coefficient (Wildman–Crippen LogP) is 2.27. The topological polar surface area (TPSA) is 180 Å². The van der Waals surface area contributed by atoms with Gasteiger partial charge in [-0.3, -0.25) is 33.8 Å². The maximum atomic E-state index is 14.6. The lowest BCUT2D eigenvalue weighted by atomic mass is 9.80. The van der Waals surface area contributed by atoms with Gasteiger partial charge < -0.3 is 26.2 Å². The molecule has 13 heteroatoms. The van der Waals surface area contributed by atoms with Gasteiger partial charge in [-0.25, -0.2) is 4.98 Å². The number of aromatic nitrogens is 2. The van der Waals surface area contributed by atoms with Crippen LogP contribution < -0.4 is 21.3 Å². The molecule has 4 aliphatic rings. The number of fused-ring (bicyclic) bond motifs is 1. The van der Waals surface area contributed by atoms with E-state index in [-0.39, 0.29) is 41.3 Å². The molecular formula is C38H51N7O6. The van der Waals surface area contributed by atoms with Crippen LogP contribution in [0.15, 0.2) is 55.5 Å². The highest BCUT2D eigenvalue weighted by molar-refractivity contribution is 6.38. The average molecular weight is 702 g/mol. The molecule has 1 aromatic rings. The van der Waals surface area contributed by atoms with E-state index in [1.165, 1.54) is 29.6 Å². The summed E-state index contributed by atoms with van der Waals surface area (Å²) in [7, 11) is 0. The Morgan fingerprint density at radius 3 is 2.39 bits per heavy atom. The predicted molar refractivity (Wildman–Crippen MR) is 189 cm³/mol. The number of nitrogens with one attached hydrogen (secondary N) is 4. The molecule has 5 rings (SSSR count). The molecule has 2 heterocycles. The second-order valence-electron chi connectivity index (χ2n) is 15.9. The van der Waals surface area contributed by atoms with Crippen molar-refractivity contribution in [1.29, 1.82) is 0 Å². The van der Waals surface area contributed by atoms with Crippen LogP contribution in [-0.4, -0.2) is 87.4 Å². The van der Waals surface area contributed by atoms with Gasteiger partial charge in [0.2, 0.25) is 23.5 Å². The highest BCUT2D eigenvalue weighted by Gasteiger charge is 2.70. The molecule has 1 aromatic heterocycles. The van der Waals surface area contributed by atoms with E-state index < -0.39 is 64.9 Å². The first-order valence-corrected chi connectivity index (χ1v) is 17.9. The molecule has 0 bridgehead atoms. The van der Waals surface area contributed by atoms with E-state index in [4.69, 9.17) is 0 Å². The molecular weight excluding hydrogens is 650 g/mol. The zero-order valence-electron chi connectivity index (χ0n) is 30.2.